The number of phenolic OH excluding ortho intramolecular Hbond substituents is 1. The molecule has 0 atom stereocenters. The van der Waals surface area contributed by atoms with E-state index in [1.165, 1.54) is 0 Å². The van der Waals surface area contributed by atoms with Gasteiger partial charge < -0.3 is 5.11 Å². The van der Waals surface area contributed by atoms with Crippen molar-refractivity contribution >= 4 is 33.6 Å². The summed E-state index contributed by atoms with van der Waals surface area (Å²) < 4.78 is 2.95. The van der Waals surface area contributed by atoms with Crippen LogP contribution < -0.4 is 0 Å². The number of aromatic nitrogens is 3. The second-order valence-electron chi connectivity index (χ2n) is 3.98. The number of aromatic hydroxyl groups is 1. The lowest BCUT2D eigenvalue weighted by atomic mass is 10.3. The zero-order valence-corrected chi connectivity index (χ0v) is 11.8. The molecule has 5 heteroatoms. The Kier molecular flexibility index (Phi) is 2.70. The Labute approximate surface area is 117 Å². The quantitative estimate of drug-likeness (QED) is 0.542. The predicted octanol–water partition coefficient (Wildman–Crippen LogP) is 3.04. The molecule has 0 aliphatic rings. The molecule has 0 saturated heterocycles. The van der Waals surface area contributed by atoms with E-state index < -0.39 is 0 Å². The van der Waals surface area contributed by atoms with Crippen molar-refractivity contribution in [2.45, 2.75) is 6.92 Å². The van der Waals surface area contributed by atoms with Gasteiger partial charge in [-0.25, -0.2) is 9.97 Å². The second kappa shape index (κ2) is 4.24. The molecule has 4 nitrogen and oxygen atoms in total. The molecule has 0 aliphatic carbocycles. The third-order valence-corrected chi connectivity index (χ3v) is 3.59. The number of phenols is 1. The Morgan fingerprint density at radius 1 is 1.17 bits per heavy atom. The van der Waals surface area contributed by atoms with Crippen LogP contribution in [0.5, 0.6) is 5.75 Å². The molecule has 0 radical (unpaired) electrons. The zero-order chi connectivity index (χ0) is 12.7. The van der Waals surface area contributed by atoms with E-state index in [1.54, 1.807) is 18.3 Å². The highest BCUT2D eigenvalue weighted by Crippen LogP contribution is 2.24. The van der Waals surface area contributed by atoms with Crippen molar-refractivity contribution in [2.24, 2.45) is 0 Å². The minimum absolute atomic E-state index is 0.261. The van der Waals surface area contributed by atoms with E-state index in [0.29, 0.717) is 0 Å². The molecular formula is C13H10IN3O. The number of hydrogen-bond acceptors (Lipinski definition) is 3. The van der Waals surface area contributed by atoms with Crippen molar-refractivity contribution in [2.75, 3.05) is 0 Å². The van der Waals surface area contributed by atoms with E-state index in [-0.39, 0.29) is 5.75 Å². The molecule has 0 spiro atoms. The molecule has 2 heterocycles. The lowest BCUT2D eigenvalue weighted by Crippen LogP contribution is -1.96. The number of benzene rings is 1. The van der Waals surface area contributed by atoms with E-state index in [4.69, 9.17) is 0 Å². The molecule has 1 aromatic carbocycles. The minimum atomic E-state index is 0.261. The Bertz CT molecular complexity index is 719. The number of rotatable bonds is 1. The fourth-order valence-electron chi connectivity index (χ4n) is 2.02. The number of hydrogen-bond donors (Lipinski definition) is 1. The summed E-state index contributed by atoms with van der Waals surface area (Å²) >= 11 is 2.19. The summed E-state index contributed by atoms with van der Waals surface area (Å²) in [5, 5.41) is 9.34. The van der Waals surface area contributed by atoms with Crippen LogP contribution in [0.3, 0.4) is 0 Å². The number of fused-ring (bicyclic) bond motifs is 1. The van der Waals surface area contributed by atoms with Gasteiger partial charge in [-0.15, -0.1) is 0 Å². The Balaban J connectivity index is 2.32. The topological polar surface area (TPSA) is 50.9 Å². The van der Waals surface area contributed by atoms with Crippen molar-refractivity contribution in [1.29, 1.82) is 0 Å². The molecule has 0 aliphatic heterocycles. The average molecular weight is 351 g/mol. The van der Waals surface area contributed by atoms with Crippen molar-refractivity contribution in [3.63, 3.8) is 0 Å². The number of halogens is 1. The van der Waals surface area contributed by atoms with Crippen LogP contribution >= 0.6 is 22.6 Å². The standard InChI is InChI=1S/C13H10IN3O/c1-8-16-12-11(6-7-15-13(12)14)17(8)9-2-4-10(18)5-3-9/h2-7,18H,1H3. The molecule has 1 N–H and O–H groups in total. The normalized spacial score (nSPS) is 11.0. The molecule has 18 heavy (non-hydrogen) atoms. The largest absolute Gasteiger partial charge is 0.508 e. The monoisotopic (exact) mass is 351 g/mol. The fourth-order valence-corrected chi connectivity index (χ4v) is 2.57. The lowest BCUT2D eigenvalue weighted by molar-refractivity contribution is 0.475. The van der Waals surface area contributed by atoms with E-state index in [1.807, 2.05) is 25.1 Å². The highest BCUT2D eigenvalue weighted by Gasteiger charge is 2.11. The van der Waals surface area contributed by atoms with Crippen molar-refractivity contribution in [3.05, 3.63) is 46.1 Å². The summed E-state index contributed by atoms with van der Waals surface area (Å²) in [6.45, 7) is 1.96. The van der Waals surface area contributed by atoms with E-state index in [2.05, 4.69) is 37.1 Å². The van der Waals surface area contributed by atoms with Gasteiger partial charge in [-0.3, -0.25) is 4.57 Å². The lowest BCUT2D eigenvalue weighted by Gasteiger charge is -2.06. The SMILES string of the molecule is Cc1nc2c(I)nccc2n1-c1ccc(O)cc1. The van der Waals surface area contributed by atoms with Crippen molar-refractivity contribution in [1.82, 2.24) is 14.5 Å². The van der Waals surface area contributed by atoms with Gasteiger partial charge in [0.15, 0.2) is 0 Å². The maximum Gasteiger partial charge on any atom is 0.129 e. The third-order valence-electron chi connectivity index (χ3n) is 2.80. The van der Waals surface area contributed by atoms with Crippen LogP contribution in [0.15, 0.2) is 36.5 Å². The van der Waals surface area contributed by atoms with Crippen LogP contribution in [0.2, 0.25) is 0 Å². The van der Waals surface area contributed by atoms with Crippen molar-refractivity contribution in [3.8, 4) is 11.4 Å². The first-order valence-corrected chi connectivity index (χ1v) is 6.53. The first-order chi connectivity index (χ1) is 8.66. The van der Waals surface area contributed by atoms with Gasteiger partial charge in [0, 0.05) is 11.9 Å². The summed E-state index contributed by atoms with van der Waals surface area (Å²) in [5.41, 5.74) is 2.91. The van der Waals surface area contributed by atoms with Crippen LogP contribution in [0, 0.1) is 10.6 Å². The van der Waals surface area contributed by atoms with Crippen LogP contribution in [-0.4, -0.2) is 19.6 Å². The predicted molar refractivity (Wildman–Crippen MR) is 78.0 cm³/mol. The smallest absolute Gasteiger partial charge is 0.129 e. The van der Waals surface area contributed by atoms with Gasteiger partial charge in [0.25, 0.3) is 0 Å². The van der Waals surface area contributed by atoms with Gasteiger partial charge in [-0.2, -0.15) is 0 Å². The van der Waals surface area contributed by atoms with Gasteiger partial charge in [0.05, 0.1) is 5.52 Å². The Morgan fingerprint density at radius 2 is 1.89 bits per heavy atom. The van der Waals surface area contributed by atoms with E-state index in [0.717, 1.165) is 26.2 Å². The van der Waals surface area contributed by atoms with Gasteiger partial charge in [-0.1, -0.05) is 0 Å². The molecule has 0 saturated carbocycles. The molecule has 3 aromatic rings. The number of aryl methyl sites for hydroxylation is 1. The van der Waals surface area contributed by atoms with Crippen molar-refractivity contribution < 1.29 is 5.11 Å². The maximum absolute atomic E-state index is 9.34. The van der Waals surface area contributed by atoms with E-state index >= 15 is 0 Å². The third kappa shape index (κ3) is 1.74. The highest BCUT2D eigenvalue weighted by atomic mass is 127. The number of imidazole rings is 1. The number of pyridine rings is 1. The highest BCUT2D eigenvalue weighted by molar-refractivity contribution is 14.1. The van der Waals surface area contributed by atoms with Gasteiger partial charge in [0.1, 0.15) is 20.8 Å². The summed E-state index contributed by atoms with van der Waals surface area (Å²) in [7, 11) is 0. The molecule has 0 unspecified atom stereocenters. The van der Waals surface area contributed by atoms with E-state index in [9.17, 15) is 5.11 Å². The summed E-state index contributed by atoms with van der Waals surface area (Å²) in [4.78, 5) is 8.78. The van der Waals surface area contributed by atoms with Gasteiger partial charge in [0.2, 0.25) is 0 Å². The molecular weight excluding hydrogens is 341 g/mol. The molecule has 0 bridgehead atoms. The molecule has 0 fully saturated rings. The summed E-state index contributed by atoms with van der Waals surface area (Å²) in [5.74, 6) is 1.17. The summed E-state index contributed by atoms with van der Waals surface area (Å²) in [6, 6.07) is 9.04. The van der Waals surface area contributed by atoms with Gasteiger partial charge in [-0.05, 0) is 59.8 Å². The first kappa shape index (κ1) is 11.5. The average Bonchev–Trinajstić information content (AvgIpc) is 2.69. The molecule has 0 amide bonds. The Hall–Kier alpha value is -1.63. The first-order valence-electron chi connectivity index (χ1n) is 5.46. The Morgan fingerprint density at radius 3 is 2.61 bits per heavy atom. The molecule has 2 aromatic heterocycles. The fraction of sp³-hybridized carbons (Fsp3) is 0.0769. The maximum atomic E-state index is 9.34. The summed E-state index contributed by atoms with van der Waals surface area (Å²) in [6.07, 6.45) is 1.78. The minimum Gasteiger partial charge on any atom is -0.508 e. The zero-order valence-electron chi connectivity index (χ0n) is 9.63. The van der Waals surface area contributed by atoms with Crippen LogP contribution in [-0.2, 0) is 0 Å². The van der Waals surface area contributed by atoms with Crippen LogP contribution in [0.25, 0.3) is 16.7 Å². The van der Waals surface area contributed by atoms with Gasteiger partial charge >= 0.3 is 0 Å². The molecule has 90 valence electrons. The van der Waals surface area contributed by atoms with Crippen LogP contribution in [0.1, 0.15) is 5.82 Å². The number of nitrogens with zero attached hydrogens (tertiary/aromatic N) is 3. The molecule has 3 rings (SSSR count). The second-order valence-corrected chi connectivity index (χ2v) is 5.00. The van der Waals surface area contributed by atoms with Crippen LogP contribution in [0.4, 0.5) is 0 Å².